The number of allylic oxidation sites excluding steroid dienone is 1. The Morgan fingerprint density at radius 2 is 1.79 bits per heavy atom. The SMILES string of the molecule is CCC(=O)/C=C/c1ccc2c(c1)CCC2N(CCc1ccc(N(C)C)cc1)C(=O)OC(C)(C)C. The Bertz CT molecular complexity index is 1030. The smallest absolute Gasteiger partial charge is 0.410 e. The average Bonchev–Trinajstić information content (AvgIpc) is 3.19. The lowest BCUT2D eigenvalue weighted by Gasteiger charge is -2.32. The zero-order chi connectivity index (χ0) is 24.9. The fourth-order valence-electron chi connectivity index (χ4n) is 4.25. The van der Waals surface area contributed by atoms with E-state index in [4.69, 9.17) is 4.74 Å². The van der Waals surface area contributed by atoms with Gasteiger partial charge in [0.2, 0.25) is 0 Å². The van der Waals surface area contributed by atoms with Crippen LogP contribution >= 0.6 is 0 Å². The molecule has 3 rings (SSSR count). The molecule has 34 heavy (non-hydrogen) atoms. The number of hydrogen-bond donors (Lipinski definition) is 0. The van der Waals surface area contributed by atoms with Crippen LogP contribution in [0.15, 0.2) is 48.5 Å². The third kappa shape index (κ3) is 6.72. The number of rotatable bonds is 8. The second-order valence-electron chi connectivity index (χ2n) is 10.2. The van der Waals surface area contributed by atoms with Crippen molar-refractivity contribution < 1.29 is 14.3 Å². The van der Waals surface area contributed by atoms with Crippen LogP contribution in [0.4, 0.5) is 10.5 Å². The van der Waals surface area contributed by atoms with Crippen molar-refractivity contribution in [2.24, 2.45) is 0 Å². The van der Waals surface area contributed by atoms with Crippen LogP contribution in [0.5, 0.6) is 0 Å². The number of amides is 1. The largest absolute Gasteiger partial charge is 0.444 e. The lowest BCUT2D eigenvalue weighted by atomic mass is 10.0. The Kier molecular flexibility index (Phi) is 8.19. The van der Waals surface area contributed by atoms with Gasteiger partial charge in [-0.25, -0.2) is 4.79 Å². The predicted molar refractivity (Wildman–Crippen MR) is 139 cm³/mol. The van der Waals surface area contributed by atoms with E-state index in [-0.39, 0.29) is 17.9 Å². The minimum Gasteiger partial charge on any atom is -0.444 e. The number of anilines is 1. The fourth-order valence-corrected chi connectivity index (χ4v) is 4.25. The number of carbonyl (C=O) groups is 2. The van der Waals surface area contributed by atoms with Crippen molar-refractivity contribution in [2.75, 3.05) is 25.5 Å². The van der Waals surface area contributed by atoms with Crippen molar-refractivity contribution in [2.45, 2.75) is 65.0 Å². The molecular formula is C29H38N2O3. The van der Waals surface area contributed by atoms with Gasteiger partial charge in [-0.2, -0.15) is 0 Å². The maximum Gasteiger partial charge on any atom is 0.410 e. The third-order valence-electron chi connectivity index (χ3n) is 6.12. The van der Waals surface area contributed by atoms with Crippen molar-refractivity contribution in [3.05, 3.63) is 70.8 Å². The second-order valence-corrected chi connectivity index (χ2v) is 10.2. The normalized spacial score (nSPS) is 15.3. The molecule has 0 saturated carbocycles. The highest BCUT2D eigenvalue weighted by molar-refractivity contribution is 5.93. The minimum absolute atomic E-state index is 0.0128. The van der Waals surface area contributed by atoms with Gasteiger partial charge in [-0.05, 0) is 80.5 Å². The molecule has 0 aliphatic heterocycles. The summed E-state index contributed by atoms with van der Waals surface area (Å²) in [7, 11) is 4.05. The first-order chi connectivity index (χ1) is 16.1. The molecule has 2 aromatic carbocycles. The maximum atomic E-state index is 13.2. The van der Waals surface area contributed by atoms with Crippen LogP contribution in [0.3, 0.4) is 0 Å². The molecule has 1 amide bonds. The van der Waals surface area contributed by atoms with E-state index in [1.165, 1.54) is 16.7 Å². The Balaban J connectivity index is 1.81. The van der Waals surface area contributed by atoms with Crippen molar-refractivity contribution in [3.63, 3.8) is 0 Å². The number of nitrogens with zero attached hydrogens (tertiary/aromatic N) is 2. The van der Waals surface area contributed by atoms with Crippen molar-refractivity contribution in [1.29, 1.82) is 0 Å². The molecule has 1 aliphatic carbocycles. The lowest BCUT2D eigenvalue weighted by molar-refractivity contribution is -0.114. The van der Waals surface area contributed by atoms with E-state index in [0.29, 0.717) is 13.0 Å². The standard InChI is InChI=1S/C29H38N2O3/c1-7-25(32)15-10-22-11-16-26-23(20-22)12-17-27(26)31(28(33)34-29(2,3)4)19-18-21-8-13-24(14-9-21)30(5)6/h8-11,13-16,20,27H,7,12,17-19H2,1-6H3/b15-10+. The van der Waals surface area contributed by atoms with Crippen LogP contribution in [0.2, 0.25) is 0 Å². The van der Waals surface area contributed by atoms with Gasteiger partial charge in [0.15, 0.2) is 5.78 Å². The number of ketones is 1. The Morgan fingerprint density at radius 1 is 1.09 bits per heavy atom. The maximum absolute atomic E-state index is 13.2. The molecule has 2 aromatic rings. The molecule has 0 radical (unpaired) electrons. The number of benzene rings is 2. The molecule has 1 atom stereocenters. The summed E-state index contributed by atoms with van der Waals surface area (Å²) < 4.78 is 5.80. The molecule has 182 valence electrons. The van der Waals surface area contributed by atoms with Crippen LogP contribution in [-0.4, -0.2) is 43.0 Å². The molecule has 1 aliphatic rings. The molecule has 0 bridgehead atoms. The number of carbonyl (C=O) groups excluding carboxylic acids is 2. The highest BCUT2D eigenvalue weighted by Crippen LogP contribution is 2.37. The first-order valence-electron chi connectivity index (χ1n) is 12.2. The number of fused-ring (bicyclic) bond motifs is 1. The summed E-state index contributed by atoms with van der Waals surface area (Å²) in [6.45, 7) is 8.17. The molecule has 0 aromatic heterocycles. The van der Waals surface area contributed by atoms with Gasteiger partial charge in [-0.1, -0.05) is 43.3 Å². The van der Waals surface area contributed by atoms with Crippen LogP contribution in [0, 0.1) is 0 Å². The topological polar surface area (TPSA) is 49.9 Å². The van der Waals surface area contributed by atoms with Gasteiger partial charge in [0.05, 0.1) is 6.04 Å². The summed E-state index contributed by atoms with van der Waals surface area (Å²) >= 11 is 0. The van der Waals surface area contributed by atoms with Gasteiger partial charge in [0, 0.05) is 32.7 Å². The summed E-state index contributed by atoms with van der Waals surface area (Å²) in [5, 5.41) is 0. The van der Waals surface area contributed by atoms with E-state index in [0.717, 1.165) is 30.5 Å². The van der Waals surface area contributed by atoms with Crippen LogP contribution < -0.4 is 4.90 Å². The van der Waals surface area contributed by atoms with E-state index in [2.05, 4.69) is 41.3 Å². The molecule has 0 spiro atoms. The molecule has 0 saturated heterocycles. The summed E-state index contributed by atoms with van der Waals surface area (Å²) in [4.78, 5) is 28.9. The van der Waals surface area contributed by atoms with Crippen LogP contribution in [0.1, 0.15) is 68.8 Å². The van der Waals surface area contributed by atoms with E-state index in [9.17, 15) is 9.59 Å². The van der Waals surface area contributed by atoms with Gasteiger partial charge in [0.1, 0.15) is 5.60 Å². The number of ether oxygens (including phenoxy) is 1. The molecule has 1 unspecified atom stereocenters. The molecular weight excluding hydrogens is 424 g/mol. The Morgan fingerprint density at radius 3 is 2.41 bits per heavy atom. The predicted octanol–water partition coefficient (Wildman–Crippen LogP) is 6.21. The first kappa shape index (κ1) is 25.5. The lowest BCUT2D eigenvalue weighted by Crippen LogP contribution is -2.40. The molecule has 0 fully saturated rings. The van der Waals surface area contributed by atoms with Crippen molar-refractivity contribution in [1.82, 2.24) is 4.90 Å². The third-order valence-corrected chi connectivity index (χ3v) is 6.12. The van der Waals surface area contributed by atoms with Crippen LogP contribution in [0.25, 0.3) is 6.08 Å². The van der Waals surface area contributed by atoms with Gasteiger partial charge >= 0.3 is 6.09 Å². The Hall–Kier alpha value is -3.08. The van der Waals surface area contributed by atoms with Gasteiger partial charge in [-0.3, -0.25) is 4.79 Å². The first-order valence-corrected chi connectivity index (χ1v) is 12.2. The minimum atomic E-state index is -0.551. The molecule has 5 heteroatoms. The fraction of sp³-hybridized carbons (Fsp3) is 0.448. The second kappa shape index (κ2) is 10.9. The van der Waals surface area contributed by atoms with Crippen LogP contribution in [-0.2, 0) is 22.4 Å². The summed E-state index contributed by atoms with van der Waals surface area (Å²) in [5.41, 5.74) is 5.23. The molecule has 0 heterocycles. The zero-order valence-electron chi connectivity index (χ0n) is 21.4. The summed E-state index contributed by atoms with van der Waals surface area (Å²) in [6.07, 6.45) is 6.29. The van der Waals surface area contributed by atoms with E-state index in [1.807, 2.05) is 58.8 Å². The highest BCUT2D eigenvalue weighted by Gasteiger charge is 2.33. The van der Waals surface area contributed by atoms with Crippen molar-refractivity contribution >= 4 is 23.6 Å². The molecule has 0 N–H and O–H groups in total. The van der Waals surface area contributed by atoms with Gasteiger partial charge < -0.3 is 14.5 Å². The highest BCUT2D eigenvalue weighted by atomic mass is 16.6. The van der Waals surface area contributed by atoms with E-state index in [1.54, 1.807) is 6.08 Å². The van der Waals surface area contributed by atoms with E-state index >= 15 is 0 Å². The quantitative estimate of drug-likeness (QED) is 0.438. The van der Waals surface area contributed by atoms with E-state index < -0.39 is 5.60 Å². The van der Waals surface area contributed by atoms with Gasteiger partial charge in [0.25, 0.3) is 0 Å². The zero-order valence-corrected chi connectivity index (χ0v) is 21.4. The average molecular weight is 463 g/mol. The monoisotopic (exact) mass is 462 g/mol. The number of hydrogen-bond acceptors (Lipinski definition) is 4. The van der Waals surface area contributed by atoms with Crippen molar-refractivity contribution in [3.8, 4) is 0 Å². The summed E-state index contributed by atoms with van der Waals surface area (Å²) in [6, 6.07) is 14.7. The summed E-state index contributed by atoms with van der Waals surface area (Å²) in [5.74, 6) is 0.119. The molecule has 5 nitrogen and oxygen atoms in total. The number of aryl methyl sites for hydroxylation is 1. The Labute approximate surface area is 204 Å². The van der Waals surface area contributed by atoms with Gasteiger partial charge in [-0.15, -0.1) is 0 Å².